The van der Waals surface area contributed by atoms with E-state index in [9.17, 15) is 20.0 Å². The highest BCUT2D eigenvalue weighted by Crippen LogP contribution is 2.38. The number of benzene rings is 2. The van der Waals surface area contributed by atoms with E-state index in [0.717, 1.165) is 11.8 Å². The molecule has 0 atom stereocenters. The lowest BCUT2D eigenvalue weighted by molar-refractivity contribution is -0.385. The minimum Gasteiger partial charge on any atom is -0.502 e. The number of para-hydroxylation sites is 2. The number of phenolic OH excluding ortho intramolecular Hbond substituents is 1. The molecule has 0 radical (unpaired) electrons. The molecule has 1 aliphatic heterocycles. The quantitative estimate of drug-likeness (QED) is 0.390. The number of phenols is 1. The highest BCUT2D eigenvalue weighted by Gasteiger charge is 2.33. The smallest absolute Gasteiger partial charge is 0.311 e. The van der Waals surface area contributed by atoms with Gasteiger partial charge >= 0.3 is 5.69 Å². The standard InChI is InChI=1S/C16H10N2O4S2/c19-14-10(5-4-8-12(14)18(21)22)9-13-15(20)17(16(23)24-13)11-6-2-1-3-7-11/h1-9,19H. The first kappa shape index (κ1) is 16.2. The maximum atomic E-state index is 12.6. The van der Waals surface area contributed by atoms with E-state index in [-0.39, 0.29) is 11.5 Å². The molecule has 0 aliphatic carbocycles. The molecule has 1 amide bonds. The highest BCUT2D eigenvalue weighted by atomic mass is 32.2. The molecule has 1 N–H and O–H groups in total. The fraction of sp³-hybridized carbons (Fsp3) is 0. The van der Waals surface area contributed by atoms with Crippen molar-refractivity contribution in [2.45, 2.75) is 0 Å². The summed E-state index contributed by atoms with van der Waals surface area (Å²) in [6.45, 7) is 0. The number of nitro groups is 1. The van der Waals surface area contributed by atoms with Gasteiger partial charge in [-0.05, 0) is 18.2 Å². The Hall–Kier alpha value is -2.71. The van der Waals surface area contributed by atoms with Gasteiger partial charge in [0.05, 0.1) is 15.5 Å². The number of anilines is 1. The van der Waals surface area contributed by atoms with Crippen molar-refractivity contribution in [2.75, 3.05) is 4.90 Å². The van der Waals surface area contributed by atoms with Gasteiger partial charge < -0.3 is 5.11 Å². The van der Waals surface area contributed by atoms with Gasteiger partial charge in [0.1, 0.15) is 0 Å². The maximum absolute atomic E-state index is 12.6. The first-order valence-corrected chi connectivity index (χ1v) is 8.01. The van der Waals surface area contributed by atoms with Crippen LogP contribution in [0.4, 0.5) is 11.4 Å². The summed E-state index contributed by atoms with van der Waals surface area (Å²) in [4.78, 5) is 24.5. The molecule has 0 spiro atoms. The van der Waals surface area contributed by atoms with E-state index < -0.39 is 16.4 Å². The molecule has 1 heterocycles. The summed E-state index contributed by atoms with van der Waals surface area (Å²) in [5.41, 5.74) is 0.423. The first-order chi connectivity index (χ1) is 11.5. The van der Waals surface area contributed by atoms with E-state index in [1.807, 2.05) is 6.07 Å². The van der Waals surface area contributed by atoms with Gasteiger partial charge in [0, 0.05) is 11.6 Å². The molecule has 3 rings (SSSR count). The molecule has 0 unspecified atom stereocenters. The van der Waals surface area contributed by atoms with Crippen LogP contribution in [0.1, 0.15) is 5.56 Å². The normalized spacial score (nSPS) is 16.0. The van der Waals surface area contributed by atoms with Crippen LogP contribution in [0.5, 0.6) is 5.75 Å². The molecule has 1 fully saturated rings. The number of carbonyl (C=O) groups is 1. The second kappa shape index (κ2) is 6.42. The molecule has 8 heteroatoms. The third kappa shape index (κ3) is 2.89. The SMILES string of the molecule is O=C1C(=Cc2cccc([N+](=O)[O-])c2O)SC(=S)N1c1ccccc1. The van der Waals surface area contributed by atoms with Gasteiger partial charge in [0.25, 0.3) is 5.91 Å². The topological polar surface area (TPSA) is 83.7 Å². The summed E-state index contributed by atoms with van der Waals surface area (Å²) in [5.74, 6) is -0.811. The third-order valence-corrected chi connectivity index (χ3v) is 4.64. The molecular formula is C16H10N2O4S2. The van der Waals surface area contributed by atoms with Crippen LogP contribution < -0.4 is 4.90 Å². The lowest BCUT2D eigenvalue weighted by Gasteiger charge is -2.13. The number of aromatic hydroxyl groups is 1. The van der Waals surface area contributed by atoms with E-state index in [2.05, 4.69) is 0 Å². The summed E-state index contributed by atoms with van der Waals surface area (Å²) in [7, 11) is 0. The molecule has 2 aromatic rings. The van der Waals surface area contributed by atoms with Crippen LogP contribution >= 0.6 is 24.0 Å². The second-order valence-electron chi connectivity index (χ2n) is 4.82. The van der Waals surface area contributed by atoms with Crippen molar-refractivity contribution in [2.24, 2.45) is 0 Å². The van der Waals surface area contributed by atoms with Crippen LogP contribution in [0, 0.1) is 10.1 Å². The predicted molar refractivity (Wildman–Crippen MR) is 96.9 cm³/mol. The van der Waals surface area contributed by atoms with Crippen molar-refractivity contribution < 1.29 is 14.8 Å². The van der Waals surface area contributed by atoms with E-state index in [4.69, 9.17) is 12.2 Å². The zero-order valence-corrected chi connectivity index (χ0v) is 13.7. The Kier molecular flexibility index (Phi) is 4.32. The molecule has 1 saturated heterocycles. The summed E-state index contributed by atoms with van der Waals surface area (Å²) in [5, 5.41) is 20.9. The number of hydrogen-bond acceptors (Lipinski definition) is 6. The van der Waals surface area contributed by atoms with E-state index in [1.165, 1.54) is 29.2 Å². The predicted octanol–water partition coefficient (Wildman–Crippen LogP) is 3.71. The van der Waals surface area contributed by atoms with Gasteiger partial charge in [-0.25, -0.2) is 0 Å². The van der Waals surface area contributed by atoms with Crippen molar-refractivity contribution >= 4 is 51.7 Å². The van der Waals surface area contributed by atoms with Crippen molar-refractivity contribution in [1.29, 1.82) is 0 Å². The van der Waals surface area contributed by atoms with Crippen LogP contribution in [0.3, 0.4) is 0 Å². The summed E-state index contributed by atoms with van der Waals surface area (Å²) >= 11 is 6.33. The monoisotopic (exact) mass is 358 g/mol. The fourth-order valence-corrected chi connectivity index (χ4v) is 3.51. The molecular weight excluding hydrogens is 348 g/mol. The molecule has 6 nitrogen and oxygen atoms in total. The van der Waals surface area contributed by atoms with Crippen LogP contribution in [0.25, 0.3) is 6.08 Å². The zero-order chi connectivity index (χ0) is 17.3. The number of thioether (sulfide) groups is 1. The molecule has 0 aromatic heterocycles. The van der Waals surface area contributed by atoms with Gasteiger partial charge in [0.2, 0.25) is 5.75 Å². The molecule has 24 heavy (non-hydrogen) atoms. The van der Waals surface area contributed by atoms with Gasteiger partial charge in [0.15, 0.2) is 4.32 Å². The van der Waals surface area contributed by atoms with Gasteiger partial charge in [-0.15, -0.1) is 0 Å². The Morgan fingerprint density at radius 1 is 1.17 bits per heavy atom. The number of amides is 1. The Balaban J connectivity index is 1.99. The van der Waals surface area contributed by atoms with Gasteiger partial charge in [-0.3, -0.25) is 19.8 Å². The molecule has 120 valence electrons. The average molecular weight is 358 g/mol. The Bertz CT molecular complexity index is 881. The maximum Gasteiger partial charge on any atom is 0.311 e. The first-order valence-electron chi connectivity index (χ1n) is 6.78. The Morgan fingerprint density at radius 3 is 2.54 bits per heavy atom. The Labute approximate surface area is 146 Å². The van der Waals surface area contributed by atoms with Crippen molar-refractivity contribution in [1.82, 2.24) is 0 Å². The number of hydrogen-bond donors (Lipinski definition) is 1. The van der Waals surface area contributed by atoms with Crippen molar-refractivity contribution in [3.63, 3.8) is 0 Å². The number of nitro benzene ring substituents is 1. The van der Waals surface area contributed by atoms with E-state index in [1.54, 1.807) is 24.3 Å². The Morgan fingerprint density at radius 2 is 1.88 bits per heavy atom. The largest absolute Gasteiger partial charge is 0.502 e. The van der Waals surface area contributed by atoms with Gasteiger partial charge in [-0.2, -0.15) is 0 Å². The van der Waals surface area contributed by atoms with Crippen LogP contribution in [0.15, 0.2) is 53.4 Å². The zero-order valence-electron chi connectivity index (χ0n) is 12.1. The molecule has 1 aliphatic rings. The summed E-state index contributed by atoms with van der Waals surface area (Å²) in [6, 6.07) is 13.1. The minimum atomic E-state index is -0.679. The number of carbonyl (C=O) groups excluding carboxylic acids is 1. The lowest BCUT2D eigenvalue weighted by Crippen LogP contribution is -2.27. The third-order valence-electron chi connectivity index (χ3n) is 3.34. The van der Waals surface area contributed by atoms with Crippen LogP contribution in [-0.4, -0.2) is 20.3 Å². The molecule has 2 aromatic carbocycles. The number of thiocarbonyl (C=S) groups is 1. The van der Waals surface area contributed by atoms with Crippen LogP contribution in [-0.2, 0) is 4.79 Å². The number of rotatable bonds is 3. The number of nitrogens with zero attached hydrogens (tertiary/aromatic N) is 2. The average Bonchev–Trinajstić information content (AvgIpc) is 2.84. The lowest BCUT2D eigenvalue weighted by atomic mass is 10.1. The minimum absolute atomic E-state index is 0.192. The van der Waals surface area contributed by atoms with Crippen LogP contribution in [0.2, 0.25) is 0 Å². The highest BCUT2D eigenvalue weighted by molar-refractivity contribution is 8.27. The molecule has 0 bridgehead atoms. The van der Waals surface area contributed by atoms with Crippen molar-refractivity contribution in [3.05, 3.63) is 69.1 Å². The summed E-state index contributed by atoms with van der Waals surface area (Å²) < 4.78 is 0.363. The van der Waals surface area contributed by atoms with E-state index in [0.29, 0.717) is 14.9 Å². The van der Waals surface area contributed by atoms with Gasteiger partial charge in [-0.1, -0.05) is 54.3 Å². The second-order valence-corrected chi connectivity index (χ2v) is 6.50. The van der Waals surface area contributed by atoms with E-state index >= 15 is 0 Å². The fourth-order valence-electron chi connectivity index (χ4n) is 2.22. The summed E-state index contributed by atoms with van der Waals surface area (Å²) in [6.07, 6.45) is 1.41. The molecule has 0 saturated carbocycles. The van der Waals surface area contributed by atoms with Crippen molar-refractivity contribution in [3.8, 4) is 5.75 Å².